The molecule has 0 saturated carbocycles. The molecule has 0 spiro atoms. The van der Waals surface area contributed by atoms with Crippen LogP contribution in [-0.2, 0) is 11.2 Å². The van der Waals surface area contributed by atoms with Gasteiger partial charge in [0.1, 0.15) is 5.82 Å². The number of benzene rings is 2. The Balaban J connectivity index is 1.82. The van der Waals surface area contributed by atoms with Crippen LogP contribution in [0.5, 0.6) is 0 Å². The number of carbonyl (C=O) groups excluding carboxylic acids is 2. The monoisotopic (exact) mass is 357 g/mol. The average Bonchev–Trinajstić information content (AvgIpc) is 2.58. The van der Waals surface area contributed by atoms with Crippen molar-refractivity contribution in [3.05, 3.63) is 59.9 Å². The van der Waals surface area contributed by atoms with Crippen LogP contribution in [0.1, 0.15) is 25.8 Å². The van der Waals surface area contributed by atoms with Gasteiger partial charge in [0.2, 0.25) is 5.91 Å². The van der Waals surface area contributed by atoms with Crippen LogP contribution in [0.15, 0.2) is 48.5 Å². The summed E-state index contributed by atoms with van der Waals surface area (Å²) in [6.07, 6.45) is 1.04. The van der Waals surface area contributed by atoms with Crippen LogP contribution in [0, 0.1) is 11.7 Å². The van der Waals surface area contributed by atoms with E-state index in [0.29, 0.717) is 18.2 Å². The third-order valence-corrected chi connectivity index (χ3v) is 3.73. The molecule has 0 aromatic heterocycles. The van der Waals surface area contributed by atoms with E-state index in [0.717, 1.165) is 12.0 Å². The van der Waals surface area contributed by atoms with Gasteiger partial charge in [-0.1, -0.05) is 38.1 Å². The third kappa shape index (κ3) is 6.55. The molecule has 0 aliphatic carbocycles. The first kappa shape index (κ1) is 19.4. The zero-order chi connectivity index (χ0) is 18.9. The van der Waals surface area contributed by atoms with Gasteiger partial charge < -0.3 is 16.0 Å². The number of rotatable bonds is 7. The van der Waals surface area contributed by atoms with Crippen molar-refractivity contribution < 1.29 is 14.0 Å². The van der Waals surface area contributed by atoms with E-state index in [2.05, 4.69) is 29.8 Å². The molecular weight excluding hydrogens is 333 g/mol. The molecular formula is C20H24FN3O2. The molecule has 0 heterocycles. The van der Waals surface area contributed by atoms with Gasteiger partial charge in [0, 0.05) is 12.2 Å². The summed E-state index contributed by atoms with van der Waals surface area (Å²) in [5.74, 6) is -0.240. The highest BCUT2D eigenvalue weighted by Crippen LogP contribution is 2.14. The highest BCUT2D eigenvalue weighted by molar-refractivity contribution is 5.92. The fourth-order valence-corrected chi connectivity index (χ4v) is 2.30. The Morgan fingerprint density at radius 2 is 1.69 bits per heavy atom. The van der Waals surface area contributed by atoms with Gasteiger partial charge in [0.25, 0.3) is 0 Å². The normalized spacial score (nSPS) is 10.5. The Labute approximate surface area is 153 Å². The molecule has 5 nitrogen and oxygen atoms in total. The van der Waals surface area contributed by atoms with E-state index >= 15 is 0 Å². The largest absolute Gasteiger partial charge is 0.338 e. The third-order valence-electron chi connectivity index (χ3n) is 3.73. The van der Waals surface area contributed by atoms with Crippen molar-refractivity contribution in [2.45, 2.75) is 26.7 Å². The van der Waals surface area contributed by atoms with Gasteiger partial charge >= 0.3 is 6.03 Å². The molecule has 6 heteroatoms. The first-order chi connectivity index (χ1) is 12.4. The summed E-state index contributed by atoms with van der Waals surface area (Å²) in [6, 6.07) is 12.7. The fourth-order valence-electron chi connectivity index (χ4n) is 2.30. The smallest absolute Gasteiger partial charge is 0.319 e. The Kier molecular flexibility index (Phi) is 7.14. The number of anilines is 2. The number of halogens is 1. The summed E-state index contributed by atoms with van der Waals surface area (Å²) in [5, 5.41) is 8.08. The Bertz CT molecular complexity index is 745. The zero-order valence-corrected chi connectivity index (χ0v) is 15.0. The van der Waals surface area contributed by atoms with Gasteiger partial charge in [-0.15, -0.1) is 0 Å². The first-order valence-electron chi connectivity index (χ1n) is 8.62. The molecule has 2 aromatic rings. The Morgan fingerprint density at radius 1 is 1.00 bits per heavy atom. The molecule has 0 radical (unpaired) electrons. The van der Waals surface area contributed by atoms with Crippen molar-refractivity contribution in [2.75, 3.05) is 17.2 Å². The SMILES string of the molecule is CC(C)CCNC(=O)Nc1ccc(CC(=O)Nc2ccccc2F)cc1. The average molecular weight is 357 g/mol. The number of urea groups is 1. The maximum absolute atomic E-state index is 13.5. The molecule has 3 N–H and O–H groups in total. The van der Waals surface area contributed by atoms with Crippen molar-refractivity contribution in [1.29, 1.82) is 0 Å². The van der Waals surface area contributed by atoms with Gasteiger partial charge in [0.05, 0.1) is 12.1 Å². The first-order valence-corrected chi connectivity index (χ1v) is 8.62. The molecule has 0 unspecified atom stereocenters. The minimum absolute atomic E-state index is 0.120. The number of carbonyl (C=O) groups is 2. The van der Waals surface area contributed by atoms with Crippen molar-refractivity contribution in [3.8, 4) is 0 Å². The van der Waals surface area contributed by atoms with E-state index in [4.69, 9.17) is 0 Å². The topological polar surface area (TPSA) is 70.2 Å². The highest BCUT2D eigenvalue weighted by atomic mass is 19.1. The van der Waals surface area contributed by atoms with Gasteiger partial charge in [-0.25, -0.2) is 9.18 Å². The fraction of sp³-hybridized carbons (Fsp3) is 0.300. The zero-order valence-electron chi connectivity index (χ0n) is 15.0. The second kappa shape index (κ2) is 9.56. The van der Waals surface area contributed by atoms with Crippen LogP contribution in [0.25, 0.3) is 0 Å². The molecule has 0 aliphatic heterocycles. The summed E-state index contributed by atoms with van der Waals surface area (Å²) in [4.78, 5) is 23.8. The van der Waals surface area contributed by atoms with Crippen LogP contribution < -0.4 is 16.0 Å². The predicted octanol–water partition coefficient (Wildman–Crippen LogP) is 4.17. The molecule has 0 bridgehead atoms. The molecule has 3 amide bonds. The van der Waals surface area contributed by atoms with Crippen LogP contribution in [0.2, 0.25) is 0 Å². The van der Waals surface area contributed by atoms with Crippen molar-refractivity contribution in [2.24, 2.45) is 5.92 Å². The minimum atomic E-state index is -0.469. The van der Waals surface area contributed by atoms with Crippen molar-refractivity contribution in [1.82, 2.24) is 5.32 Å². The number of nitrogens with one attached hydrogen (secondary N) is 3. The summed E-state index contributed by atoms with van der Waals surface area (Å²) in [7, 11) is 0. The van der Waals surface area contributed by atoms with E-state index in [-0.39, 0.29) is 24.0 Å². The number of hydrogen-bond acceptors (Lipinski definition) is 2. The van der Waals surface area contributed by atoms with Gasteiger partial charge in [-0.2, -0.15) is 0 Å². The van der Waals surface area contributed by atoms with Gasteiger partial charge in [-0.3, -0.25) is 4.79 Å². The van der Waals surface area contributed by atoms with Crippen molar-refractivity contribution in [3.63, 3.8) is 0 Å². The van der Waals surface area contributed by atoms with Crippen molar-refractivity contribution >= 4 is 23.3 Å². The number of para-hydroxylation sites is 1. The standard InChI is InChI=1S/C20H24FN3O2/c1-14(2)11-12-22-20(26)23-16-9-7-15(8-10-16)13-19(25)24-18-6-4-3-5-17(18)21/h3-10,14H,11-13H2,1-2H3,(H,24,25)(H2,22,23,26). The quantitative estimate of drug-likeness (QED) is 0.696. The second-order valence-electron chi connectivity index (χ2n) is 6.47. The number of hydrogen-bond donors (Lipinski definition) is 3. The van der Waals surface area contributed by atoms with Crippen LogP contribution in [-0.4, -0.2) is 18.5 Å². The molecule has 2 rings (SSSR count). The Morgan fingerprint density at radius 3 is 2.35 bits per heavy atom. The summed E-state index contributed by atoms with van der Waals surface area (Å²) >= 11 is 0. The summed E-state index contributed by atoms with van der Waals surface area (Å²) < 4.78 is 13.5. The highest BCUT2D eigenvalue weighted by Gasteiger charge is 2.08. The van der Waals surface area contributed by atoms with E-state index < -0.39 is 5.82 Å². The minimum Gasteiger partial charge on any atom is -0.338 e. The maximum atomic E-state index is 13.5. The summed E-state index contributed by atoms with van der Waals surface area (Å²) in [5.41, 5.74) is 1.57. The molecule has 26 heavy (non-hydrogen) atoms. The van der Waals surface area contributed by atoms with Gasteiger partial charge in [-0.05, 0) is 42.2 Å². The summed E-state index contributed by atoms with van der Waals surface area (Å²) in [6.45, 7) is 4.82. The number of amides is 3. The lowest BCUT2D eigenvalue weighted by molar-refractivity contribution is -0.115. The molecule has 0 fully saturated rings. The Hall–Kier alpha value is -2.89. The van der Waals surface area contributed by atoms with E-state index in [1.807, 2.05) is 0 Å². The van der Waals surface area contributed by atoms with Crippen LogP contribution in [0.3, 0.4) is 0 Å². The predicted molar refractivity (Wildman–Crippen MR) is 102 cm³/mol. The van der Waals surface area contributed by atoms with E-state index in [9.17, 15) is 14.0 Å². The molecule has 138 valence electrons. The lowest BCUT2D eigenvalue weighted by atomic mass is 10.1. The molecule has 0 atom stereocenters. The van der Waals surface area contributed by atoms with Crippen LogP contribution >= 0.6 is 0 Å². The van der Waals surface area contributed by atoms with E-state index in [1.165, 1.54) is 12.1 Å². The molecule has 0 saturated heterocycles. The molecule has 2 aromatic carbocycles. The van der Waals surface area contributed by atoms with E-state index in [1.54, 1.807) is 36.4 Å². The second-order valence-corrected chi connectivity index (χ2v) is 6.47. The lowest BCUT2D eigenvalue weighted by Gasteiger charge is -2.10. The van der Waals surface area contributed by atoms with Gasteiger partial charge in [0.15, 0.2) is 0 Å². The molecule has 0 aliphatic rings. The lowest BCUT2D eigenvalue weighted by Crippen LogP contribution is -2.30. The maximum Gasteiger partial charge on any atom is 0.319 e. The van der Waals surface area contributed by atoms with Crippen LogP contribution in [0.4, 0.5) is 20.6 Å².